The lowest BCUT2D eigenvalue weighted by atomic mass is 9.97. The maximum absolute atomic E-state index is 13.5. The third-order valence-electron chi connectivity index (χ3n) is 3.13. The highest BCUT2D eigenvalue weighted by atomic mass is 19.1. The van der Waals surface area contributed by atoms with Crippen LogP contribution >= 0.6 is 0 Å². The maximum Gasteiger partial charge on any atom is 0.126 e. The van der Waals surface area contributed by atoms with Gasteiger partial charge in [-0.2, -0.15) is 0 Å². The molecule has 2 rings (SSSR count). The second-order valence-electron chi connectivity index (χ2n) is 4.52. The molecule has 1 N–H and O–H groups in total. The molecular formula is C16H18FNO. The van der Waals surface area contributed by atoms with Gasteiger partial charge in [-0.15, -0.1) is 0 Å². The average Bonchev–Trinajstić information content (AvgIpc) is 2.41. The van der Waals surface area contributed by atoms with Gasteiger partial charge in [0.05, 0.1) is 7.11 Å². The highest BCUT2D eigenvalue weighted by molar-refractivity contribution is 5.73. The summed E-state index contributed by atoms with van der Waals surface area (Å²) < 4.78 is 18.8. The Balaban J connectivity index is 2.56. The molecule has 2 aromatic carbocycles. The Hall–Kier alpha value is -1.87. The molecule has 100 valence electrons. The van der Waals surface area contributed by atoms with Gasteiger partial charge >= 0.3 is 0 Å². The minimum absolute atomic E-state index is 0.255. The van der Waals surface area contributed by atoms with Crippen molar-refractivity contribution >= 4 is 0 Å². The zero-order valence-electron chi connectivity index (χ0n) is 11.5. The molecule has 0 heterocycles. The summed E-state index contributed by atoms with van der Waals surface area (Å²) in [5, 5.41) is 3.12. The van der Waals surface area contributed by atoms with Gasteiger partial charge in [0, 0.05) is 12.1 Å². The van der Waals surface area contributed by atoms with Crippen LogP contribution in [0.2, 0.25) is 0 Å². The van der Waals surface area contributed by atoms with Crippen LogP contribution in [0.15, 0.2) is 36.4 Å². The number of halogens is 1. The first-order chi connectivity index (χ1) is 9.15. The lowest BCUT2D eigenvalue weighted by Gasteiger charge is -2.13. The standard InChI is InChI=1S/C16H18FNO/c1-11-4-5-12(10-18-2)8-14(11)15-9-13(17)6-7-16(15)19-3/h4-9,18H,10H2,1-3H3. The molecule has 2 nitrogen and oxygen atoms in total. The third kappa shape index (κ3) is 2.93. The summed E-state index contributed by atoms with van der Waals surface area (Å²) in [6, 6.07) is 10.8. The van der Waals surface area contributed by atoms with Gasteiger partial charge in [0.25, 0.3) is 0 Å². The monoisotopic (exact) mass is 259 g/mol. The molecule has 0 unspecified atom stereocenters. The largest absolute Gasteiger partial charge is 0.496 e. The van der Waals surface area contributed by atoms with Crippen LogP contribution in [0.1, 0.15) is 11.1 Å². The van der Waals surface area contributed by atoms with E-state index in [0.29, 0.717) is 5.75 Å². The summed E-state index contributed by atoms with van der Waals surface area (Å²) in [4.78, 5) is 0. The third-order valence-corrected chi connectivity index (χ3v) is 3.13. The molecule has 0 aliphatic carbocycles. The van der Waals surface area contributed by atoms with Crippen molar-refractivity contribution in [2.75, 3.05) is 14.2 Å². The number of methoxy groups -OCH3 is 1. The first kappa shape index (κ1) is 13.6. The molecule has 0 aliphatic rings. The molecule has 0 fully saturated rings. The Kier molecular flexibility index (Phi) is 4.17. The second-order valence-corrected chi connectivity index (χ2v) is 4.52. The maximum atomic E-state index is 13.5. The Labute approximate surface area is 113 Å². The van der Waals surface area contributed by atoms with Crippen LogP contribution in [0.25, 0.3) is 11.1 Å². The van der Waals surface area contributed by atoms with Crippen LogP contribution in [-0.4, -0.2) is 14.2 Å². The first-order valence-electron chi connectivity index (χ1n) is 6.23. The van der Waals surface area contributed by atoms with E-state index in [1.807, 2.05) is 20.0 Å². The van der Waals surface area contributed by atoms with Crippen LogP contribution in [0, 0.1) is 12.7 Å². The molecule has 0 aromatic heterocycles. The first-order valence-corrected chi connectivity index (χ1v) is 6.23. The van der Waals surface area contributed by atoms with E-state index in [2.05, 4.69) is 17.4 Å². The number of benzene rings is 2. The minimum Gasteiger partial charge on any atom is -0.496 e. The van der Waals surface area contributed by atoms with Crippen LogP contribution in [0.3, 0.4) is 0 Å². The molecule has 2 aromatic rings. The van der Waals surface area contributed by atoms with Gasteiger partial charge in [-0.1, -0.05) is 12.1 Å². The number of hydrogen-bond acceptors (Lipinski definition) is 2. The molecule has 0 bridgehead atoms. The Morgan fingerprint density at radius 2 is 1.89 bits per heavy atom. The van der Waals surface area contributed by atoms with Crippen molar-refractivity contribution in [3.05, 3.63) is 53.3 Å². The van der Waals surface area contributed by atoms with Crippen molar-refractivity contribution in [1.29, 1.82) is 0 Å². The molecule has 0 radical (unpaired) electrons. The smallest absolute Gasteiger partial charge is 0.126 e. The van der Waals surface area contributed by atoms with Crippen molar-refractivity contribution in [3.8, 4) is 16.9 Å². The lowest BCUT2D eigenvalue weighted by Crippen LogP contribution is -2.05. The second kappa shape index (κ2) is 5.85. The molecule has 0 amide bonds. The van der Waals surface area contributed by atoms with E-state index < -0.39 is 0 Å². The Bertz CT molecular complexity index is 581. The molecule has 0 saturated heterocycles. The van der Waals surface area contributed by atoms with Gasteiger partial charge in [-0.25, -0.2) is 4.39 Å². The number of hydrogen-bond donors (Lipinski definition) is 1. The predicted molar refractivity (Wildman–Crippen MR) is 75.9 cm³/mol. The molecule has 0 aliphatic heterocycles. The average molecular weight is 259 g/mol. The minimum atomic E-state index is -0.255. The number of rotatable bonds is 4. The fourth-order valence-corrected chi connectivity index (χ4v) is 2.16. The Morgan fingerprint density at radius 1 is 1.11 bits per heavy atom. The topological polar surface area (TPSA) is 21.3 Å². The van der Waals surface area contributed by atoms with E-state index in [0.717, 1.165) is 28.8 Å². The summed E-state index contributed by atoms with van der Waals surface area (Å²) in [6.45, 7) is 2.80. The number of ether oxygens (including phenoxy) is 1. The van der Waals surface area contributed by atoms with Gasteiger partial charge in [0.2, 0.25) is 0 Å². The molecule has 0 saturated carbocycles. The summed E-state index contributed by atoms with van der Waals surface area (Å²) in [6.07, 6.45) is 0. The zero-order valence-corrected chi connectivity index (χ0v) is 11.5. The van der Waals surface area contributed by atoms with Gasteiger partial charge in [-0.05, 0) is 54.9 Å². The van der Waals surface area contributed by atoms with E-state index in [1.165, 1.54) is 12.1 Å². The van der Waals surface area contributed by atoms with Gasteiger partial charge in [0.15, 0.2) is 0 Å². The zero-order chi connectivity index (χ0) is 13.8. The summed E-state index contributed by atoms with van der Waals surface area (Å²) in [5.74, 6) is 0.431. The van der Waals surface area contributed by atoms with Crippen molar-refractivity contribution in [3.63, 3.8) is 0 Å². The molecule has 0 spiro atoms. The van der Waals surface area contributed by atoms with E-state index in [9.17, 15) is 4.39 Å². The van der Waals surface area contributed by atoms with Crippen molar-refractivity contribution in [2.24, 2.45) is 0 Å². The quantitative estimate of drug-likeness (QED) is 0.907. The van der Waals surface area contributed by atoms with Crippen molar-refractivity contribution in [2.45, 2.75) is 13.5 Å². The van der Waals surface area contributed by atoms with Gasteiger partial charge < -0.3 is 10.1 Å². The van der Waals surface area contributed by atoms with Gasteiger partial charge in [-0.3, -0.25) is 0 Å². The summed E-state index contributed by atoms with van der Waals surface area (Å²) in [5.41, 5.74) is 4.06. The highest BCUT2D eigenvalue weighted by Gasteiger charge is 2.10. The van der Waals surface area contributed by atoms with E-state index in [1.54, 1.807) is 13.2 Å². The van der Waals surface area contributed by atoms with E-state index in [4.69, 9.17) is 4.74 Å². The van der Waals surface area contributed by atoms with Crippen molar-refractivity contribution < 1.29 is 9.13 Å². The van der Waals surface area contributed by atoms with Crippen LogP contribution in [-0.2, 0) is 6.54 Å². The molecule has 19 heavy (non-hydrogen) atoms. The fraction of sp³-hybridized carbons (Fsp3) is 0.250. The van der Waals surface area contributed by atoms with Gasteiger partial charge in [0.1, 0.15) is 11.6 Å². The summed E-state index contributed by atoms with van der Waals surface area (Å²) >= 11 is 0. The van der Waals surface area contributed by atoms with Crippen LogP contribution < -0.4 is 10.1 Å². The summed E-state index contributed by atoms with van der Waals surface area (Å²) in [7, 11) is 3.51. The predicted octanol–water partition coefficient (Wildman–Crippen LogP) is 3.53. The van der Waals surface area contributed by atoms with Crippen LogP contribution in [0.4, 0.5) is 4.39 Å². The van der Waals surface area contributed by atoms with E-state index in [-0.39, 0.29) is 5.82 Å². The van der Waals surface area contributed by atoms with Crippen LogP contribution in [0.5, 0.6) is 5.75 Å². The molecule has 0 atom stereocenters. The van der Waals surface area contributed by atoms with Crippen molar-refractivity contribution in [1.82, 2.24) is 5.32 Å². The fourth-order valence-electron chi connectivity index (χ4n) is 2.16. The molecule has 3 heteroatoms. The normalized spacial score (nSPS) is 10.5. The lowest BCUT2D eigenvalue weighted by molar-refractivity contribution is 0.415. The van der Waals surface area contributed by atoms with E-state index >= 15 is 0 Å². The molecular weight excluding hydrogens is 241 g/mol. The Morgan fingerprint density at radius 3 is 2.58 bits per heavy atom. The number of nitrogens with one attached hydrogen (secondary N) is 1. The number of aryl methyl sites for hydroxylation is 1. The highest BCUT2D eigenvalue weighted by Crippen LogP contribution is 2.33. The SMILES string of the molecule is CNCc1ccc(C)c(-c2cc(F)ccc2OC)c1.